The van der Waals surface area contributed by atoms with Crippen LogP contribution in [0.25, 0.3) is 0 Å². The molecule has 1 aromatic carbocycles. The first-order valence-corrected chi connectivity index (χ1v) is 6.78. The lowest BCUT2D eigenvalue weighted by molar-refractivity contribution is -0.142. The minimum atomic E-state index is -0.859. The van der Waals surface area contributed by atoms with Gasteiger partial charge in [0.1, 0.15) is 5.75 Å². The number of hydrogen-bond acceptors (Lipinski definition) is 3. The molecule has 1 aromatic rings. The van der Waals surface area contributed by atoms with E-state index in [1.54, 1.807) is 12.0 Å². The maximum Gasteiger partial charge on any atom is 0.307 e. The highest BCUT2D eigenvalue weighted by molar-refractivity contribution is 5.89. The number of carboxylic acid groups (broad SMARTS) is 1. The Bertz CT molecular complexity index is 569. The molecule has 20 heavy (non-hydrogen) atoms. The summed E-state index contributed by atoms with van der Waals surface area (Å²) < 4.78 is 5.34. The molecule has 1 N–H and O–H groups in total. The van der Waals surface area contributed by atoms with Crippen molar-refractivity contribution in [3.05, 3.63) is 29.3 Å². The first-order valence-electron chi connectivity index (χ1n) is 6.78. The second-order valence-corrected chi connectivity index (χ2v) is 5.39. The topological polar surface area (TPSA) is 66.8 Å². The molecule has 1 heterocycles. The minimum absolute atomic E-state index is 0.0223. The molecule has 2 atom stereocenters. The van der Waals surface area contributed by atoms with Crippen molar-refractivity contribution in [1.82, 2.24) is 4.90 Å². The van der Waals surface area contributed by atoms with Crippen molar-refractivity contribution >= 4 is 11.9 Å². The van der Waals surface area contributed by atoms with Gasteiger partial charge in [-0.25, -0.2) is 0 Å². The molecule has 5 nitrogen and oxygen atoms in total. The van der Waals surface area contributed by atoms with Gasteiger partial charge in [0, 0.05) is 18.7 Å². The molecule has 1 saturated carbocycles. The molecule has 0 spiro atoms. The van der Waals surface area contributed by atoms with Crippen LogP contribution in [0, 0.1) is 11.8 Å². The van der Waals surface area contributed by atoms with Crippen molar-refractivity contribution in [1.29, 1.82) is 0 Å². The number of nitrogens with zero attached hydrogens (tertiary/aromatic N) is 1. The Labute approximate surface area is 117 Å². The van der Waals surface area contributed by atoms with Crippen LogP contribution in [0.2, 0.25) is 0 Å². The van der Waals surface area contributed by atoms with E-state index in [4.69, 9.17) is 9.84 Å². The van der Waals surface area contributed by atoms with E-state index < -0.39 is 11.9 Å². The van der Waals surface area contributed by atoms with E-state index >= 15 is 0 Å². The molecular formula is C15H17NO4. The SMILES string of the molecule is COc1cccc2c1CCN(C(=O)C1CC1C(=O)O)C2. The molecule has 1 aliphatic carbocycles. The van der Waals surface area contributed by atoms with E-state index in [1.807, 2.05) is 18.2 Å². The predicted molar refractivity (Wildman–Crippen MR) is 71.3 cm³/mol. The molecule has 5 heteroatoms. The number of fused-ring (bicyclic) bond motifs is 1. The number of carboxylic acids is 1. The van der Waals surface area contributed by atoms with Crippen molar-refractivity contribution < 1.29 is 19.4 Å². The zero-order chi connectivity index (χ0) is 14.3. The summed E-state index contributed by atoms with van der Waals surface area (Å²) in [6.45, 7) is 1.18. The fraction of sp³-hybridized carbons (Fsp3) is 0.467. The Morgan fingerprint density at radius 2 is 2.15 bits per heavy atom. The van der Waals surface area contributed by atoms with Crippen molar-refractivity contribution in [3.8, 4) is 5.75 Å². The molecule has 0 radical (unpaired) electrons. The number of amides is 1. The Morgan fingerprint density at radius 1 is 1.35 bits per heavy atom. The monoisotopic (exact) mass is 275 g/mol. The molecule has 1 aliphatic heterocycles. The van der Waals surface area contributed by atoms with Crippen LogP contribution >= 0.6 is 0 Å². The number of methoxy groups -OCH3 is 1. The van der Waals surface area contributed by atoms with Crippen LogP contribution in [-0.2, 0) is 22.6 Å². The summed E-state index contributed by atoms with van der Waals surface area (Å²) in [6, 6.07) is 5.85. The van der Waals surface area contributed by atoms with E-state index in [9.17, 15) is 9.59 Å². The molecule has 2 aliphatic rings. The molecule has 2 unspecified atom stereocenters. The first-order chi connectivity index (χ1) is 9.61. The quantitative estimate of drug-likeness (QED) is 0.903. The third kappa shape index (κ3) is 2.13. The third-order valence-corrected chi connectivity index (χ3v) is 4.18. The minimum Gasteiger partial charge on any atom is -0.496 e. The zero-order valence-electron chi connectivity index (χ0n) is 11.3. The molecule has 106 valence electrons. The Morgan fingerprint density at radius 3 is 2.80 bits per heavy atom. The Kier molecular flexibility index (Phi) is 3.12. The second-order valence-electron chi connectivity index (χ2n) is 5.39. The van der Waals surface area contributed by atoms with E-state index in [1.165, 1.54) is 0 Å². The summed E-state index contributed by atoms with van der Waals surface area (Å²) in [5, 5.41) is 8.91. The van der Waals surface area contributed by atoms with Gasteiger partial charge in [-0.05, 0) is 24.5 Å². The largest absolute Gasteiger partial charge is 0.496 e. The van der Waals surface area contributed by atoms with Gasteiger partial charge in [0.2, 0.25) is 5.91 Å². The maximum absolute atomic E-state index is 12.3. The highest BCUT2D eigenvalue weighted by Crippen LogP contribution is 2.41. The van der Waals surface area contributed by atoms with Crippen molar-refractivity contribution in [3.63, 3.8) is 0 Å². The van der Waals surface area contributed by atoms with Crippen LogP contribution in [0.1, 0.15) is 17.5 Å². The van der Waals surface area contributed by atoms with Gasteiger partial charge in [0.25, 0.3) is 0 Å². The molecule has 0 aromatic heterocycles. The second kappa shape index (κ2) is 4.81. The maximum atomic E-state index is 12.3. The highest BCUT2D eigenvalue weighted by Gasteiger charge is 2.50. The van der Waals surface area contributed by atoms with Crippen LogP contribution in [-0.4, -0.2) is 35.5 Å². The van der Waals surface area contributed by atoms with Crippen LogP contribution < -0.4 is 4.74 Å². The van der Waals surface area contributed by atoms with Crippen LogP contribution in [0.5, 0.6) is 5.75 Å². The van der Waals surface area contributed by atoms with Crippen molar-refractivity contribution in [2.45, 2.75) is 19.4 Å². The summed E-state index contributed by atoms with van der Waals surface area (Å²) in [6.07, 6.45) is 1.24. The number of ether oxygens (including phenoxy) is 1. The van der Waals surface area contributed by atoms with Gasteiger partial charge in [0.05, 0.1) is 18.9 Å². The molecule has 1 fully saturated rings. The molecule has 0 saturated heterocycles. The summed E-state index contributed by atoms with van der Waals surface area (Å²) in [5.41, 5.74) is 2.25. The average Bonchev–Trinajstić information content (AvgIpc) is 3.25. The normalized spacial score (nSPS) is 23.9. The van der Waals surface area contributed by atoms with Gasteiger partial charge in [-0.2, -0.15) is 0 Å². The first kappa shape index (κ1) is 13.0. The van der Waals surface area contributed by atoms with Crippen molar-refractivity contribution in [2.75, 3.05) is 13.7 Å². The van der Waals surface area contributed by atoms with Gasteiger partial charge in [-0.3, -0.25) is 9.59 Å². The fourth-order valence-corrected chi connectivity index (χ4v) is 2.93. The average molecular weight is 275 g/mol. The predicted octanol–water partition coefficient (Wildman–Crippen LogP) is 1.30. The summed E-state index contributed by atoms with van der Waals surface area (Å²) in [7, 11) is 1.65. The summed E-state index contributed by atoms with van der Waals surface area (Å²) >= 11 is 0. The van der Waals surface area contributed by atoms with Gasteiger partial charge in [-0.1, -0.05) is 12.1 Å². The molecule has 0 bridgehead atoms. The number of hydrogen-bond donors (Lipinski definition) is 1. The lowest BCUT2D eigenvalue weighted by atomic mass is 9.98. The highest BCUT2D eigenvalue weighted by atomic mass is 16.5. The smallest absolute Gasteiger partial charge is 0.307 e. The Balaban J connectivity index is 1.73. The number of carbonyl (C=O) groups is 2. The number of carbonyl (C=O) groups excluding carboxylic acids is 1. The zero-order valence-corrected chi connectivity index (χ0v) is 11.3. The van der Waals surface area contributed by atoms with E-state index in [-0.39, 0.29) is 11.8 Å². The van der Waals surface area contributed by atoms with E-state index in [0.29, 0.717) is 19.5 Å². The van der Waals surface area contributed by atoms with E-state index in [2.05, 4.69) is 0 Å². The van der Waals surface area contributed by atoms with E-state index in [0.717, 1.165) is 23.3 Å². The molecule has 3 rings (SSSR count). The lowest BCUT2D eigenvalue weighted by Gasteiger charge is -2.30. The fourth-order valence-electron chi connectivity index (χ4n) is 2.93. The lowest BCUT2D eigenvalue weighted by Crippen LogP contribution is -2.37. The third-order valence-electron chi connectivity index (χ3n) is 4.18. The van der Waals surface area contributed by atoms with Crippen LogP contribution in [0.3, 0.4) is 0 Å². The van der Waals surface area contributed by atoms with Crippen molar-refractivity contribution in [2.24, 2.45) is 11.8 Å². The number of rotatable bonds is 3. The Hall–Kier alpha value is -2.04. The standard InChI is InChI=1S/C15H17NO4/c1-20-13-4-2-3-9-8-16(6-5-10(9)13)14(17)11-7-12(11)15(18)19/h2-4,11-12H,5-8H2,1H3,(H,18,19). The van der Waals surface area contributed by atoms with Crippen LogP contribution in [0.15, 0.2) is 18.2 Å². The number of aliphatic carboxylic acids is 1. The number of benzene rings is 1. The molecular weight excluding hydrogens is 258 g/mol. The summed E-state index contributed by atoms with van der Waals surface area (Å²) in [4.78, 5) is 24.9. The summed E-state index contributed by atoms with van der Waals surface area (Å²) in [5.74, 6) is -0.813. The van der Waals surface area contributed by atoms with Gasteiger partial charge >= 0.3 is 5.97 Å². The van der Waals surface area contributed by atoms with Gasteiger partial charge in [0.15, 0.2) is 0 Å². The van der Waals surface area contributed by atoms with Crippen LogP contribution in [0.4, 0.5) is 0 Å². The van der Waals surface area contributed by atoms with Gasteiger partial charge < -0.3 is 14.7 Å². The molecule has 1 amide bonds. The van der Waals surface area contributed by atoms with Gasteiger partial charge in [-0.15, -0.1) is 0 Å².